The number of carbonyl (C=O) groups is 1. The van der Waals surface area contributed by atoms with Gasteiger partial charge in [-0.25, -0.2) is 4.79 Å². The zero-order valence-electron chi connectivity index (χ0n) is 16.8. The molecule has 2 aliphatic rings. The van der Waals surface area contributed by atoms with Gasteiger partial charge in [-0.05, 0) is 24.3 Å². The van der Waals surface area contributed by atoms with Crippen LogP contribution in [-0.4, -0.2) is 40.4 Å². The first-order valence-electron chi connectivity index (χ1n) is 10.3. The number of likely N-dealkylation sites (tertiary alicyclic amines) is 1. The highest BCUT2D eigenvalue weighted by Crippen LogP contribution is 2.48. The van der Waals surface area contributed by atoms with Crippen LogP contribution in [0.25, 0.3) is 0 Å². The zero-order valence-corrected chi connectivity index (χ0v) is 16.8. The number of carbonyl (C=O) groups excluding carboxylic acids is 1. The Labute approximate surface area is 166 Å². The molecule has 2 aromatic rings. The molecule has 1 aromatic heterocycles. The minimum atomic E-state index is -0.202. The molecular formula is C22H30N4O2. The molecule has 150 valence electrons. The summed E-state index contributed by atoms with van der Waals surface area (Å²) >= 11 is 0. The number of rotatable bonds is 5. The Bertz CT molecular complexity index is 794. The fourth-order valence-electron chi connectivity index (χ4n) is 4.38. The van der Waals surface area contributed by atoms with Gasteiger partial charge in [0.05, 0.1) is 6.20 Å². The maximum absolute atomic E-state index is 12.4. The number of nitrogens with zero attached hydrogens (tertiary/aromatic N) is 3. The smallest absolute Gasteiger partial charge is 0.410 e. The largest absolute Gasteiger partial charge is 0.445 e. The van der Waals surface area contributed by atoms with Gasteiger partial charge in [0.25, 0.3) is 0 Å². The molecule has 0 radical (unpaired) electrons. The number of hydrogen-bond acceptors (Lipinski definition) is 4. The minimum absolute atomic E-state index is 0.202. The quantitative estimate of drug-likeness (QED) is 0.858. The number of aromatic nitrogens is 2. The number of hydrogen-bond donors (Lipinski definition) is 1. The lowest BCUT2D eigenvalue weighted by atomic mass is 9.65. The summed E-state index contributed by atoms with van der Waals surface area (Å²) in [4.78, 5) is 14.3. The van der Waals surface area contributed by atoms with Crippen molar-refractivity contribution in [2.24, 2.45) is 11.3 Å². The Balaban J connectivity index is 1.30. The summed E-state index contributed by atoms with van der Waals surface area (Å²) in [5.74, 6) is 0.584. The predicted molar refractivity (Wildman–Crippen MR) is 108 cm³/mol. The summed E-state index contributed by atoms with van der Waals surface area (Å²) in [7, 11) is 0. The molecule has 1 amide bonds. The second kappa shape index (κ2) is 7.95. The molecule has 6 nitrogen and oxygen atoms in total. The van der Waals surface area contributed by atoms with E-state index < -0.39 is 0 Å². The van der Waals surface area contributed by atoms with Gasteiger partial charge in [0.1, 0.15) is 6.61 Å². The minimum Gasteiger partial charge on any atom is -0.445 e. The van der Waals surface area contributed by atoms with Gasteiger partial charge in [-0.15, -0.1) is 0 Å². The first-order chi connectivity index (χ1) is 13.6. The average Bonchev–Trinajstić information content (AvgIpc) is 3.12. The van der Waals surface area contributed by atoms with Gasteiger partial charge in [0.2, 0.25) is 0 Å². The van der Waals surface area contributed by atoms with Crippen molar-refractivity contribution in [3.05, 3.63) is 53.9 Å². The van der Waals surface area contributed by atoms with E-state index >= 15 is 0 Å². The molecule has 1 aromatic carbocycles. The van der Waals surface area contributed by atoms with Gasteiger partial charge >= 0.3 is 6.09 Å². The topological polar surface area (TPSA) is 59.4 Å². The Morgan fingerprint density at radius 2 is 2.04 bits per heavy atom. The van der Waals surface area contributed by atoms with E-state index in [-0.39, 0.29) is 11.5 Å². The van der Waals surface area contributed by atoms with Crippen LogP contribution >= 0.6 is 0 Å². The summed E-state index contributed by atoms with van der Waals surface area (Å²) in [5, 5.41) is 8.12. The van der Waals surface area contributed by atoms with E-state index in [1.165, 1.54) is 5.56 Å². The lowest BCUT2D eigenvalue weighted by molar-refractivity contribution is 0.0000450. The molecule has 1 N–H and O–H groups in total. The van der Waals surface area contributed by atoms with Crippen molar-refractivity contribution in [1.82, 2.24) is 20.0 Å². The van der Waals surface area contributed by atoms with Gasteiger partial charge in [-0.1, -0.05) is 44.2 Å². The van der Waals surface area contributed by atoms with Gasteiger partial charge in [0.15, 0.2) is 0 Å². The first kappa shape index (κ1) is 19.0. The molecule has 0 unspecified atom stereocenters. The second-order valence-electron chi connectivity index (χ2n) is 8.59. The Hall–Kier alpha value is -2.34. The predicted octanol–water partition coefficient (Wildman–Crippen LogP) is 3.60. The number of ether oxygens (including phenoxy) is 1. The molecule has 2 saturated heterocycles. The van der Waals surface area contributed by atoms with E-state index in [0.717, 1.165) is 44.6 Å². The normalized spacial score (nSPS) is 21.0. The van der Waals surface area contributed by atoms with E-state index in [2.05, 4.69) is 30.5 Å². The first-order valence-corrected chi connectivity index (χ1v) is 10.3. The van der Waals surface area contributed by atoms with Crippen LogP contribution in [0.5, 0.6) is 0 Å². The van der Waals surface area contributed by atoms with Gasteiger partial charge in [0, 0.05) is 49.4 Å². The zero-order chi connectivity index (χ0) is 19.6. The maximum Gasteiger partial charge on any atom is 0.410 e. The molecule has 28 heavy (non-hydrogen) atoms. The molecule has 0 saturated carbocycles. The molecule has 0 bridgehead atoms. The third-order valence-corrected chi connectivity index (χ3v) is 6.03. The van der Waals surface area contributed by atoms with Crippen LogP contribution in [0, 0.1) is 11.3 Å². The van der Waals surface area contributed by atoms with Crippen LogP contribution in [0.1, 0.15) is 43.9 Å². The van der Waals surface area contributed by atoms with E-state index in [4.69, 9.17) is 4.74 Å². The van der Waals surface area contributed by atoms with Crippen molar-refractivity contribution in [3.8, 4) is 0 Å². The second-order valence-corrected chi connectivity index (χ2v) is 8.59. The van der Waals surface area contributed by atoms with Crippen molar-refractivity contribution in [2.45, 2.75) is 45.9 Å². The monoisotopic (exact) mass is 382 g/mol. The third-order valence-electron chi connectivity index (χ3n) is 6.03. The molecule has 1 spiro atoms. The van der Waals surface area contributed by atoms with Crippen molar-refractivity contribution in [1.29, 1.82) is 0 Å². The van der Waals surface area contributed by atoms with Crippen LogP contribution in [0.2, 0.25) is 0 Å². The fraction of sp³-hybridized carbons (Fsp3) is 0.545. The molecule has 6 heteroatoms. The molecule has 1 atom stereocenters. The van der Waals surface area contributed by atoms with Gasteiger partial charge in [-0.3, -0.25) is 4.68 Å². The molecule has 2 aliphatic heterocycles. The van der Waals surface area contributed by atoms with Crippen LogP contribution in [0.3, 0.4) is 0 Å². The third kappa shape index (κ3) is 3.92. The maximum atomic E-state index is 12.4. The Kier molecular flexibility index (Phi) is 5.40. The summed E-state index contributed by atoms with van der Waals surface area (Å²) in [6, 6.07) is 10.2. The van der Waals surface area contributed by atoms with E-state index in [0.29, 0.717) is 18.6 Å². The lowest BCUT2D eigenvalue weighted by Gasteiger charge is -2.54. The molecule has 4 rings (SSSR count). The van der Waals surface area contributed by atoms with Crippen LogP contribution < -0.4 is 5.32 Å². The number of piperidine rings is 1. The van der Waals surface area contributed by atoms with Crippen molar-refractivity contribution >= 4 is 6.09 Å². The summed E-state index contributed by atoms with van der Waals surface area (Å²) in [6.45, 7) is 8.22. The molecular weight excluding hydrogens is 352 g/mol. The lowest BCUT2D eigenvalue weighted by Crippen LogP contribution is -2.60. The number of amides is 1. The molecule has 3 heterocycles. The van der Waals surface area contributed by atoms with Crippen molar-refractivity contribution in [2.75, 3.05) is 19.6 Å². The average molecular weight is 383 g/mol. The van der Waals surface area contributed by atoms with Crippen molar-refractivity contribution < 1.29 is 9.53 Å². The number of nitrogens with one attached hydrogen (secondary N) is 1. The van der Waals surface area contributed by atoms with Crippen LogP contribution in [0.15, 0.2) is 42.7 Å². The molecule has 2 fully saturated rings. The van der Waals surface area contributed by atoms with Crippen molar-refractivity contribution in [3.63, 3.8) is 0 Å². The highest BCUT2D eigenvalue weighted by molar-refractivity contribution is 5.67. The Morgan fingerprint density at radius 1 is 1.29 bits per heavy atom. The summed E-state index contributed by atoms with van der Waals surface area (Å²) < 4.78 is 7.54. The number of benzene rings is 1. The van der Waals surface area contributed by atoms with Gasteiger partial charge in [-0.2, -0.15) is 5.10 Å². The van der Waals surface area contributed by atoms with Gasteiger partial charge < -0.3 is 15.0 Å². The van der Waals surface area contributed by atoms with E-state index in [1.807, 2.05) is 46.1 Å². The SMILES string of the molecule is CC(C)Cn1cc([C@@H]2NCC23CCN(C(=O)OCc2ccccc2)CC3)cn1. The summed E-state index contributed by atoms with van der Waals surface area (Å²) in [5.41, 5.74) is 2.53. The van der Waals surface area contributed by atoms with E-state index in [9.17, 15) is 4.79 Å². The van der Waals surface area contributed by atoms with E-state index in [1.54, 1.807) is 0 Å². The standard InChI is InChI=1S/C22H30N4O2/c1-17(2)13-26-14-19(12-24-26)20-22(16-23-20)8-10-25(11-9-22)21(27)28-15-18-6-4-3-5-7-18/h3-7,12,14,17,20,23H,8-11,13,15-16H2,1-2H3/t20-/m0/s1. The van der Waals surface area contributed by atoms with Crippen LogP contribution in [-0.2, 0) is 17.9 Å². The highest BCUT2D eigenvalue weighted by Gasteiger charge is 2.49. The fourth-order valence-corrected chi connectivity index (χ4v) is 4.38. The Morgan fingerprint density at radius 3 is 2.68 bits per heavy atom. The van der Waals surface area contributed by atoms with Crippen LogP contribution in [0.4, 0.5) is 4.79 Å². The highest BCUT2D eigenvalue weighted by atomic mass is 16.6. The molecule has 0 aliphatic carbocycles. The summed E-state index contributed by atoms with van der Waals surface area (Å²) in [6.07, 6.45) is 5.98.